The zero-order chi connectivity index (χ0) is 15.6. The molecule has 120 valence electrons. The molecule has 5 heteroatoms. The minimum atomic E-state index is 0.469. The summed E-state index contributed by atoms with van der Waals surface area (Å²) in [6.07, 6.45) is 6.35. The number of benzene rings is 1. The highest BCUT2D eigenvalue weighted by Gasteiger charge is 2.40. The summed E-state index contributed by atoms with van der Waals surface area (Å²) in [6, 6.07) is 9.75. The van der Waals surface area contributed by atoms with Crippen LogP contribution < -0.4 is 10.1 Å². The zero-order valence-corrected chi connectivity index (χ0v) is 13.2. The molecule has 0 amide bonds. The molecular weight excluding hydrogens is 290 g/mol. The molecule has 0 radical (unpaired) electrons. The second kappa shape index (κ2) is 6.16. The molecule has 0 aliphatic carbocycles. The first-order chi connectivity index (χ1) is 11.3. The number of aryl methyl sites for hydroxylation is 1. The number of aromatic nitrogens is 2. The van der Waals surface area contributed by atoms with E-state index in [-0.39, 0.29) is 0 Å². The number of rotatable bonds is 5. The van der Waals surface area contributed by atoms with E-state index in [0.717, 1.165) is 18.0 Å². The molecule has 2 aliphatic rings. The molecule has 0 spiro atoms. The quantitative estimate of drug-likeness (QED) is 0.915. The van der Waals surface area contributed by atoms with Crippen molar-refractivity contribution in [2.45, 2.75) is 38.4 Å². The molecule has 2 bridgehead atoms. The molecule has 3 atom stereocenters. The summed E-state index contributed by atoms with van der Waals surface area (Å²) >= 11 is 0. The first-order valence-electron chi connectivity index (χ1n) is 8.23. The highest BCUT2D eigenvalue weighted by atomic mass is 16.5. The van der Waals surface area contributed by atoms with Gasteiger partial charge in [-0.05, 0) is 50.5 Å². The molecule has 1 aromatic heterocycles. The fraction of sp³-hybridized carbons (Fsp3) is 0.444. The van der Waals surface area contributed by atoms with Crippen LogP contribution in [0.2, 0.25) is 0 Å². The lowest BCUT2D eigenvalue weighted by molar-refractivity contribution is 0.0941. The van der Waals surface area contributed by atoms with Crippen molar-refractivity contribution in [2.24, 2.45) is 5.92 Å². The van der Waals surface area contributed by atoms with Crippen LogP contribution in [0.5, 0.6) is 11.6 Å². The molecule has 1 N–H and O–H groups in total. The van der Waals surface area contributed by atoms with Gasteiger partial charge in [0, 0.05) is 30.4 Å². The summed E-state index contributed by atoms with van der Waals surface area (Å²) in [6.45, 7) is 2.83. The van der Waals surface area contributed by atoms with E-state index in [2.05, 4.69) is 15.3 Å². The van der Waals surface area contributed by atoms with Gasteiger partial charge in [0.15, 0.2) is 0 Å². The van der Waals surface area contributed by atoms with Crippen LogP contribution in [0.15, 0.2) is 36.5 Å². The molecule has 3 heterocycles. The van der Waals surface area contributed by atoms with Gasteiger partial charge in [0.1, 0.15) is 11.6 Å². The Balaban J connectivity index is 1.33. The Morgan fingerprint density at radius 3 is 2.78 bits per heavy atom. The van der Waals surface area contributed by atoms with Crippen LogP contribution >= 0.6 is 0 Å². The fourth-order valence-electron chi connectivity index (χ4n) is 3.46. The van der Waals surface area contributed by atoms with Crippen LogP contribution in [0.3, 0.4) is 0 Å². The lowest BCUT2D eigenvalue weighted by atomic mass is 9.89. The number of anilines is 1. The third kappa shape index (κ3) is 3.29. The highest BCUT2D eigenvalue weighted by molar-refractivity contribution is 5.47. The number of nitrogens with one attached hydrogen (secondary N) is 1. The van der Waals surface area contributed by atoms with E-state index in [1.54, 1.807) is 12.3 Å². The molecule has 0 saturated carbocycles. The first kappa shape index (κ1) is 14.5. The SMILES string of the molecule is Cc1nccc(Oc2ccc(NCC3CC4CCC3O4)cc2)n1. The van der Waals surface area contributed by atoms with E-state index in [1.165, 1.54) is 19.3 Å². The molecule has 1 aromatic carbocycles. The second-order valence-corrected chi connectivity index (χ2v) is 6.32. The van der Waals surface area contributed by atoms with Gasteiger partial charge in [-0.1, -0.05) is 0 Å². The highest BCUT2D eigenvalue weighted by Crippen LogP contribution is 2.38. The predicted octanol–water partition coefficient (Wildman–Crippen LogP) is 3.56. The van der Waals surface area contributed by atoms with Gasteiger partial charge in [0.05, 0.1) is 12.2 Å². The van der Waals surface area contributed by atoms with E-state index in [4.69, 9.17) is 9.47 Å². The minimum Gasteiger partial charge on any atom is -0.439 e. The van der Waals surface area contributed by atoms with E-state index < -0.39 is 0 Å². The third-order valence-electron chi connectivity index (χ3n) is 4.63. The molecule has 3 unspecified atom stereocenters. The van der Waals surface area contributed by atoms with Crippen molar-refractivity contribution in [1.82, 2.24) is 9.97 Å². The molecule has 2 aliphatic heterocycles. The maximum Gasteiger partial charge on any atom is 0.222 e. The van der Waals surface area contributed by atoms with Gasteiger partial charge >= 0.3 is 0 Å². The maximum absolute atomic E-state index is 5.90. The Morgan fingerprint density at radius 2 is 2.09 bits per heavy atom. The molecule has 2 aromatic rings. The Morgan fingerprint density at radius 1 is 1.22 bits per heavy atom. The van der Waals surface area contributed by atoms with Crippen LogP contribution in [0.1, 0.15) is 25.1 Å². The van der Waals surface area contributed by atoms with Crippen molar-refractivity contribution in [3.63, 3.8) is 0 Å². The molecule has 5 nitrogen and oxygen atoms in total. The average Bonchev–Trinajstić information content (AvgIpc) is 3.17. The topological polar surface area (TPSA) is 56.3 Å². The normalized spacial score (nSPS) is 25.5. The Labute approximate surface area is 136 Å². The van der Waals surface area contributed by atoms with Crippen LogP contribution in [0.25, 0.3) is 0 Å². The van der Waals surface area contributed by atoms with Crippen molar-refractivity contribution in [1.29, 1.82) is 0 Å². The van der Waals surface area contributed by atoms with Crippen molar-refractivity contribution < 1.29 is 9.47 Å². The summed E-state index contributed by atoms with van der Waals surface area (Å²) in [5.74, 6) is 2.69. The Kier molecular flexibility index (Phi) is 3.87. The Bertz CT molecular complexity index is 674. The van der Waals surface area contributed by atoms with Crippen LogP contribution in [-0.4, -0.2) is 28.7 Å². The van der Waals surface area contributed by atoms with Gasteiger partial charge in [-0.2, -0.15) is 4.98 Å². The fourth-order valence-corrected chi connectivity index (χ4v) is 3.46. The molecule has 4 rings (SSSR count). The number of ether oxygens (including phenoxy) is 2. The van der Waals surface area contributed by atoms with Crippen LogP contribution in [-0.2, 0) is 4.74 Å². The third-order valence-corrected chi connectivity index (χ3v) is 4.63. The van der Waals surface area contributed by atoms with Gasteiger partial charge < -0.3 is 14.8 Å². The summed E-state index contributed by atoms with van der Waals surface area (Å²) in [5.41, 5.74) is 1.11. The van der Waals surface area contributed by atoms with Crippen molar-refractivity contribution in [3.05, 3.63) is 42.4 Å². The molecule has 23 heavy (non-hydrogen) atoms. The van der Waals surface area contributed by atoms with Crippen molar-refractivity contribution >= 4 is 5.69 Å². The monoisotopic (exact) mass is 311 g/mol. The number of hydrogen-bond acceptors (Lipinski definition) is 5. The van der Waals surface area contributed by atoms with Crippen LogP contribution in [0, 0.1) is 12.8 Å². The Hall–Kier alpha value is -2.14. The predicted molar refractivity (Wildman–Crippen MR) is 87.8 cm³/mol. The molecule has 2 fully saturated rings. The first-order valence-corrected chi connectivity index (χ1v) is 8.23. The standard InChI is InChI=1S/C18H21N3O2/c1-12-19-9-8-18(21-12)23-15-4-2-14(3-5-15)20-11-13-10-16-6-7-17(13)22-16/h2-5,8-9,13,16-17,20H,6-7,10-11H2,1H3. The van der Waals surface area contributed by atoms with E-state index in [9.17, 15) is 0 Å². The lowest BCUT2D eigenvalue weighted by Gasteiger charge is -2.19. The number of hydrogen-bond donors (Lipinski definition) is 1. The smallest absolute Gasteiger partial charge is 0.222 e. The van der Waals surface area contributed by atoms with Gasteiger partial charge in [-0.3, -0.25) is 0 Å². The average molecular weight is 311 g/mol. The van der Waals surface area contributed by atoms with Crippen molar-refractivity contribution in [3.8, 4) is 11.6 Å². The van der Waals surface area contributed by atoms with Gasteiger partial charge in [-0.15, -0.1) is 0 Å². The largest absolute Gasteiger partial charge is 0.439 e. The van der Waals surface area contributed by atoms with E-state index in [1.807, 2.05) is 31.2 Å². The maximum atomic E-state index is 5.90. The van der Waals surface area contributed by atoms with E-state index >= 15 is 0 Å². The minimum absolute atomic E-state index is 0.469. The van der Waals surface area contributed by atoms with Crippen LogP contribution in [0.4, 0.5) is 5.69 Å². The molecule has 2 saturated heterocycles. The van der Waals surface area contributed by atoms with Crippen molar-refractivity contribution in [2.75, 3.05) is 11.9 Å². The second-order valence-electron chi connectivity index (χ2n) is 6.32. The molecular formula is C18H21N3O2. The number of nitrogens with zero attached hydrogens (tertiary/aromatic N) is 2. The summed E-state index contributed by atoms with van der Waals surface area (Å²) < 4.78 is 11.6. The lowest BCUT2D eigenvalue weighted by Crippen LogP contribution is -2.24. The van der Waals surface area contributed by atoms with Gasteiger partial charge in [-0.25, -0.2) is 4.98 Å². The number of fused-ring (bicyclic) bond motifs is 2. The summed E-state index contributed by atoms with van der Waals surface area (Å²) in [4.78, 5) is 8.30. The van der Waals surface area contributed by atoms with Gasteiger partial charge in [0.25, 0.3) is 0 Å². The zero-order valence-electron chi connectivity index (χ0n) is 13.2. The summed E-state index contributed by atoms with van der Waals surface area (Å²) in [5, 5.41) is 3.51. The van der Waals surface area contributed by atoms with E-state index in [0.29, 0.717) is 29.8 Å². The van der Waals surface area contributed by atoms with Gasteiger partial charge in [0.2, 0.25) is 5.88 Å². The summed E-state index contributed by atoms with van der Waals surface area (Å²) in [7, 11) is 0.